The maximum Gasteiger partial charge on any atom is 0.153 e. The van der Waals surface area contributed by atoms with E-state index in [9.17, 15) is 4.79 Å². The second-order valence-corrected chi connectivity index (χ2v) is 5.29. The van der Waals surface area contributed by atoms with Gasteiger partial charge in [-0.25, -0.2) is 4.98 Å². The molecule has 1 aliphatic rings. The number of aldehydes is 1. The lowest BCUT2D eigenvalue weighted by molar-refractivity contribution is 0.112. The largest absolute Gasteiger partial charge is 0.356 e. The van der Waals surface area contributed by atoms with E-state index in [4.69, 9.17) is 4.98 Å². The lowest BCUT2D eigenvalue weighted by Crippen LogP contribution is -2.20. The summed E-state index contributed by atoms with van der Waals surface area (Å²) in [5.41, 5.74) is 4.17. The van der Waals surface area contributed by atoms with Crippen molar-refractivity contribution < 1.29 is 4.79 Å². The summed E-state index contributed by atoms with van der Waals surface area (Å²) in [6.07, 6.45) is 3.30. The molecule has 0 N–H and O–H groups in total. The van der Waals surface area contributed by atoms with E-state index in [-0.39, 0.29) is 0 Å². The van der Waals surface area contributed by atoms with Crippen LogP contribution < -0.4 is 4.90 Å². The van der Waals surface area contributed by atoms with Crippen molar-refractivity contribution in [2.24, 2.45) is 0 Å². The van der Waals surface area contributed by atoms with E-state index in [1.165, 1.54) is 24.0 Å². The third-order valence-corrected chi connectivity index (χ3v) is 4.05. The summed E-state index contributed by atoms with van der Waals surface area (Å²) >= 11 is 0. The second kappa shape index (κ2) is 4.65. The smallest absolute Gasteiger partial charge is 0.153 e. The molecule has 1 aliphatic heterocycles. The molecule has 0 radical (unpaired) electrons. The Balaban J connectivity index is 2.24. The summed E-state index contributed by atoms with van der Waals surface area (Å²) < 4.78 is 0. The zero-order valence-electron chi connectivity index (χ0n) is 11.4. The molecule has 1 aromatic carbocycles. The van der Waals surface area contributed by atoms with E-state index in [0.29, 0.717) is 5.56 Å². The minimum absolute atomic E-state index is 0.706. The molecule has 0 saturated carbocycles. The Kier molecular flexibility index (Phi) is 2.97. The third kappa shape index (κ3) is 1.99. The molecule has 0 bridgehead atoms. The van der Waals surface area contributed by atoms with Gasteiger partial charge in [-0.2, -0.15) is 0 Å². The molecule has 0 aliphatic carbocycles. The van der Waals surface area contributed by atoms with Crippen molar-refractivity contribution in [3.05, 3.63) is 34.9 Å². The number of pyridine rings is 1. The zero-order chi connectivity index (χ0) is 13.4. The third-order valence-electron chi connectivity index (χ3n) is 4.05. The topological polar surface area (TPSA) is 33.2 Å². The van der Waals surface area contributed by atoms with Gasteiger partial charge < -0.3 is 4.90 Å². The molecule has 2 heterocycles. The van der Waals surface area contributed by atoms with Gasteiger partial charge in [0.15, 0.2) is 6.29 Å². The first-order valence-electron chi connectivity index (χ1n) is 6.82. The molecule has 0 spiro atoms. The highest BCUT2D eigenvalue weighted by molar-refractivity contribution is 5.93. The summed E-state index contributed by atoms with van der Waals surface area (Å²) in [6.45, 7) is 6.20. The van der Waals surface area contributed by atoms with Crippen LogP contribution in [-0.2, 0) is 0 Å². The average Bonchev–Trinajstić information content (AvgIpc) is 2.96. The first-order valence-corrected chi connectivity index (χ1v) is 6.82. The standard InChI is InChI=1S/C16H18N2O/c1-11-5-6-13-9-14(10-19)16(17-15(13)12(11)2)18-7-3-4-8-18/h5-6,9-10H,3-4,7-8H2,1-2H3. The van der Waals surface area contributed by atoms with E-state index < -0.39 is 0 Å². The summed E-state index contributed by atoms with van der Waals surface area (Å²) in [5, 5.41) is 1.05. The van der Waals surface area contributed by atoms with E-state index in [2.05, 4.69) is 24.8 Å². The van der Waals surface area contributed by atoms with Gasteiger partial charge in [-0.15, -0.1) is 0 Å². The number of fused-ring (bicyclic) bond motifs is 1. The fourth-order valence-electron chi connectivity index (χ4n) is 2.76. The number of carbonyl (C=O) groups excluding carboxylic acids is 1. The summed E-state index contributed by atoms with van der Waals surface area (Å²) in [7, 11) is 0. The van der Waals surface area contributed by atoms with Crippen LogP contribution in [0.3, 0.4) is 0 Å². The average molecular weight is 254 g/mol. The number of hydrogen-bond acceptors (Lipinski definition) is 3. The van der Waals surface area contributed by atoms with Gasteiger partial charge >= 0.3 is 0 Å². The van der Waals surface area contributed by atoms with Crippen LogP contribution >= 0.6 is 0 Å². The van der Waals surface area contributed by atoms with Gasteiger partial charge in [-0.05, 0) is 43.9 Å². The van der Waals surface area contributed by atoms with Crippen molar-refractivity contribution in [2.75, 3.05) is 18.0 Å². The van der Waals surface area contributed by atoms with Crippen molar-refractivity contribution in [1.82, 2.24) is 4.98 Å². The number of aryl methyl sites for hydroxylation is 2. The fourth-order valence-corrected chi connectivity index (χ4v) is 2.76. The normalized spacial score (nSPS) is 15.2. The van der Waals surface area contributed by atoms with Gasteiger partial charge in [0.1, 0.15) is 5.82 Å². The lowest BCUT2D eigenvalue weighted by Gasteiger charge is -2.19. The molecule has 3 nitrogen and oxygen atoms in total. The fraction of sp³-hybridized carbons (Fsp3) is 0.375. The first kappa shape index (κ1) is 12.2. The predicted octanol–water partition coefficient (Wildman–Crippen LogP) is 3.26. The van der Waals surface area contributed by atoms with Crippen molar-refractivity contribution in [2.45, 2.75) is 26.7 Å². The van der Waals surface area contributed by atoms with Crippen LogP contribution in [0, 0.1) is 13.8 Å². The number of carbonyl (C=O) groups is 1. The van der Waals surface area contributed by atoms with Crippen LogP contribution in [0.2, 0.25) is 0 Å². The predicted molar refractivity (Wildman–Crippen MR) is 78.1 cm³/mol. The van der Waals surface area contributed by atoms with Crippen molar-refractivity contribution >= 4 is 23.0 Å². The minimum Gasteiger partial charge on any atom is -0.356 e. The number of rotatable bonds is 2. The number of aromatic nitrogens is 1. The number of benzene rings is 1. The van der Waals surface area contributed by atoms with Gasteiger partial charge in [0.05, 0.1) is 11.1 Å². The van der Waals surface area contributed by atoms with Crippen LogP contribution in [-0.4, -0.2) is 24.4 Å². The number of anilines is 1. The molecule has 3 rings (SSSR count). The van der Waals surface area contributed by atoms with Crippen LogP contribution in [0.15, 0.2) is 18.2 Å². The highest BCUT2D eigenvalue weighted by atomic mass is 16.1. The highest BCUT2D eigenvalue weighted by Gasteiger charge is 2.18. The van der Waals surface area contributed by atoms with Gasteiger partial charge in [0.2, 0.25) is 0 Å². The van der Waals surface area contributed by atoms with Gasteiger partial charge in [0.25, 0.3) is 0 Å². The molecular weight excluding hydrogens is 236 g/mol. The first-order chi connectivity index (χ1) is 9.20. The molecule has 0 unspecified atom stereocenters. The van der Waals surface area contributed by atoms with Crippen molar-refractivity contribution in [1.29, 1.82) is 0 Å². The minimum atomic E-state index is 0.706. The molecular formula is C16H18N2O. The number of nitrogens with zero attached hydrogens (tertiary/aromatic N) is 2. The monoisotopic (exact) mass is 254 g/mol. The highest BCUT2D eigenvalue weighted by Crippen LogP contribution is 2.28. The molecule has 19 heavy (non-hydrogen) atoms. The quantitative estimate of drug-likeness (QED) is 0.771. The Bertz CT molecular complexity index is 643. The van der Waals surface area contributed by atoms with E-state index in [1.54, 1.807) is 0 Å². The molecule has 2 aromatic rings. The molecule has 0 atom stereocenters. The Morgan fingerprint density at radius 3 is 2.63 bits per heavy atom. The zero-order valence-corrected chi connectivity index (χ0v) is 11.4. The molecule has 1 aromatic heterocycles. The summed E-state index contributed by atoms with van der Waals surface area (Å²) in [5.74, 6) is 0.855. The Morgan fingerprint density at radius 1 is 1.21 bits per heavy atom. The van der Waals surface area contributed by atoms with Crippen LogP contribution in [0.4, 0.5) is 5.82 Å². The maximum atomic E-state index is 11.3. The molecule has 0 amide bonds. The van der Waals surface area contributed by atoms with Crippen molar-refractivity contribution in [3.63, 3.8) is 0 Å². The Labute approximate surface area is 113 Å². The van der Waals surface area contributed by atoms with E-state index in [0.717, 1.165) is 36.1 Å². The van der Waals surface area contributed by atoms with E-state index in [1.807, 2.05) is 12.1 Å². The van der Waals surface area contributed by atoms with Crippen LogP contribution in [0.1, 0.15) is 34.3 Å². The van der Waals surface area contributed by atoms with Crippen LogP contribution in [0.5, 0.6) is 0 Å². The Morgan fingerprint density at radius 2 is 1.95 bits per heavy atom. The molecule has 1 fully saturated rings. The maximum absolute atomic E-state index is 11.3. The SMILES string of the molecule is Cc1ccc2cc(C=O)c(N3CCCC3)nc2c1C. The van der Waals surface area contributed by atoms with Gasteiger partial charge in [-0.1, -0.05) is 12.1 Å². The van der Waals surface area contributed by atoms with Gasteiger partial charge in [-0.3, -0.25) is 4.79 Å². The van der Waals surface area contributed by atoms with Gasteiger partial charge in [0, 0.05) is 18.5 Å². The molecule has 3 heteroatoms. The summed E-state index contributed by atoms with van der Waals surface area (Å²) in [6, 6.07) is 6.10. The second-order valence-electron chi connectivity index (χ2n) is 5.29. The molecule has 98 valence electrons. The van der Waals surface area contributed by atoms with Crippen LogP contribution in [0.25, 0.3) is 10.9 Å². The lowest BCUT2D eigenvalue weighted by atomic mass is 10.0. The van der Waals surface area contributed by atoms with Crippen molar-refractivity contribution in [3.8, 4) is 0 Å². The Hall–Kier alpha value is -1.90. The molecule has 1 saturated heterocycles. The number of hydrogen-bond donors (Lipinski definition) is 0. The summed E-state index contributed by atoms with van der Waals surface area (Å²) in [4.78, 5) is 18.3. The van der Waals surface area contributed by atoms with E-state index >= 15 is 0 Å².